The molecule has 1 aromatic rings. The number of hydrogen-bond acceptors (Lipinski definition) is 4. The molecule has 2 N–H and O–H groups in total. The maximum atomic E-state index is 11.8. The highest BCUT2D eigenvalue weighted by molar-refractivity contribution is 7.97. The van der Waals surface area contributed by atoms with Crippen molar-refractivity contribution in [3.05, 3.63) is 23.7 Å². The van der Waals surface area contributed by atoms with Crippen LogP contribution in [0.2, 0.25) is 0 Å². The van der Waals surface area contributed by atoms with Gasteiger partial charge in [0.2, 0.25) is 0 Å². The van der Waals surface area contributed by atoms with Gasteiger partial charge in [0.1, 0.15) is 5.76 Å². The zero-order chi connectivity index (χ0) is 13.7. The van der Waals surface area contributed by atoms with Crippen LogP contribution in [0.1, 0.15) is 16.3 Å². The van der Waals surface area contributed by atoms with Crippen LogP contribution in [-0.2, 0) is 5.75 Å². The topological polar surface area (TPSA) is 74.6 Å². The van der Waals surface area contributed by atoms with Crippen molar-refractivity contribution in [3.63, 3.8) is 0 Å². The zero-order valence-corrected chi connectivity index (χ0v) is 11.6. The van der Waals surface area contributed by atoms with Crippen molar-refractivity contribution in [1.82, 2.24) is 15.5 Å². The normalized spacial score (nSPS) is 14.6. The fourth-order valence-electron chi connectivity index (χ4n) is 1.84. The minimum absolute atomic E-state index is 0.0745. The maximum Gasteiger partial charge on any atom is 0.317 e. The third-order valence-electron chi connectivity index (χ3n) is 2.78. The minimum atomic E-state index is -0.244. The molecule has 3 amide bonds. The number of carbonyl (C=O) groups is 2. The van der Waals surface area contributed by atoms with Crippen LogP contribution < -0.4 is 10.6 Å². The fourth-order valence-corrected chi connectivity index (χ4v) is 2.28. The summed E-state index contributed by atoms with van der Waals surface area (Å²) in [6.45, 7) is 2.29. The molecule has 0 aliphatic carbocycles. The molecule has 1 saturated heterocycles. The molecule has 0 aromatic carbocycles. The highest BCUT2D eigenvalue weighted by atomic mass is 32.2. The number of rotatable bonds is 6. The lowest BCUT2D eigenvalue weighted by Crippen LogP contribution is -2.36. The highest BCUT2D eigenvalue weighted by Gasteiger charge is 2.19. The van der Waals surface area contributed by atoms with Gasteiger partial charge >= 0.3 is 6.03 Å². The van der Waals surface area contributed by atoms with Crippen molar-refractivity contribution >= 4 is 23.7 Å². The quantitative estimate of drug-likeness (QED) is 0.813. The number of amides is 3. The molecule has 2 rings (SSSR count). The van der Waals surface area contributed by atoms with Gasteiger partial charge in [-0.25, -0.2) is 4.79 Å². The molecule has 0 atom stereocenters. The molecular weight excluding hydrogens is 266 g/mol. The Morgan fingerprint density at radius 1 is 1.58 bits per heavy atom. The predicted octanol–water partition coefficient (Wildman–Crippen LogP) is 0.898. The summed E-state index contributed by atoms with van der Waals surface area (Å²) in [5, 5.41) is 5.45. The Labute approximate surface area is 115 Å². The molecule has 2 heterocycles. The molecular formula is C12H17N3O3S. The van der Waals surface area contributed by atoms with Crippen LogP contribution in [0, 0.1) is 0 Å². The highest BCUT2D eigenvalue weighted by Crippen LogP contribution is 2.13. The van der Waals surface area contributed by atoms with Crippen molar-refractivity contribution in [2.24, 2.45) is 0 Å². The van der Waals surface area contributed by atoms with Crippen LogP contribution in [0.5, 0.6) is 0 Å². The molecule has 1 fully saturated rings. The van der Waals surface area contributed by atoms with E-state index in [1.54, 1.807) is 28.8 Å². The van der Waals surface area contributed by atoms with Gasteiger partial charge in [0.25, 0.3) is 5.91 Å². The predicted molar refractivity (Wildman–Crippen MR) is 73.2 cm³/mol. The van der Waals surface area contributed by atoms with E-state index < -0.39 is 0 Å². The van der Waals surface area contributed by atoms with Gasteiger partial charge in [-0.05, 0) is 18.4 Å². The van der Waals surface area contributed by atoms with Crippen molar-refractivity contribution < 1.29 is 14.0 Å². The van der Waals surface area contributed by atoms with Crippen LogP contribution in [-0.4, -0.2) is 49.3 Å². The molecule has 7 heteroatoms. The van der Waals surface area contributed by atoms with E-state index in [2.05, 4.69) is 10.6 Å². The van der Waals surface area contributed by atoms with Crippen molar-refractivity contribution in [2.45, 2.75) is 5.75 Å². The number of hydrogen-bond donors (Lipinski definition) is 2. The average molecular weight is 283 g/mol. The lowest BCUT2D eigenvalue weighted by molar-refractivity contribution is 0.0921. The molecule has 19 heavy (non-hydrogen) atoms. The Morgan fingerprint density at radius 2 is 2.42 bits per heavy atom. The van der Waals surface area contributed by atoms with E-state index in [0.29, 0.717) is 31.9 Å². The number of furan rings is 1. The molecule has 1 aliphatic rings. The van der Waals surface area contributed by atoms with Gasteiger partial charge < -0.3 is 20.0 Å². The molecule has 0 saturated carbocycles. The van der Waals surface area contributed by atoms with Gasteiger partial charge in [-0.3, -0.25) is 4.79 Å². The molecule has 0 spiro atoms. The summed E-state index contributed by atoms with van der Waals surface area (Å²) in [5.74, 6) is 1.61. The number of carbonyl (C=O) groups excluding carboxylic acids is 2. The number of thioether (sulfide) groups is 1. The van der Waals surface area contributed by atoms with Gasteiger partial charge in [-0.15, -0.1) is 0 Å². The van der Waals surface area contributed by atoms with E-state index in [1.165, 1.54) is 0 Å². The van der Waals surface area contributed by atoms with Gasteiger partial charge in [0, 0.05) is 26.2 Å². The van der Waals surface area contributed by atoms with E-state index in [1.807, 2.05) is 6.26 Å². The Hall–Kier alpha value is -1.63. The van der Waals surface area contributed by atoms with Crippen LogP contribution >= 0.6 is 11.8 Å². The van der Waals surface area contributed by atoms with E-state index in [0.717, 1.165) is 11.5 Å². The first-order valence-electron chi connectivity index (χ1n) is 6.09. The summed E-state index contributed by atoms with van der Waals surface area (Å²) >= 11 is 1.64. The first-order chi connectivity index (χ1) is 9.20. The monoisotopic (exact) mass is 283 g/mol. The molecule has 104 valence electrons. The maximum absolute atomic E-state index is 11.8. The van der Waals surface area contributed by atoms with Gasteiger partial charge in [-0.2, -0.15) is 11.8 Å². The Balaban J connectivity index is 1.75. The third-order valence-corrected chi connectivity index (χ3v) is 3.36. The smallest absolute Gasteiger partial charge is 0.317 e. The first kappa shape index (κ1) is 13.8. The fraction of sp³-hybridized carbons (Fsp3) is 0.500. The van der Waals surface area contributed by atoms with E-state index in [-0.39, 0.29) is 11.9 Å². The number of urea groups is 1. The van der Waals surface area contributed by atoms with E-state index >= 15 is 0 Å². The second kappa shape index (κ2) is 6.51. The second-order valence-electron chi connectivity index (χ2n) is 4.17. The first-order valence-corrected chi connectivity index (χ1v) is 7.48. The summed E-state index contributed by atoms with van der Waals surface area (Å²) in [7, 11) is 0. The summed E-state index contributed by atoms with van der Waals surface area (Å²) in [6.07, 6.45) is 1.98. The van der Waals surface area contributed by atoms with E-state index in [9.17, 15) is 9.59 Å². The third kappa shape index (κ3) is 3.66. The van der Waals surface area contributed by atoms with Gasteiger partial charge in [-0.1, -0.05) is 0 Å². The lowest BCUT2D eigenvalue weighted by atomic mass is 10.4. The van der Waals surface area contributed by atoms with Crippen molar-refractivity contribution in [3.8, 4) is 0 Å². The van der Waals surface area contributed by atoms with Crippen LogP contribution in [0.25, 0.3) is 0 Å². The Bertz CT molecular complexity index is 461. The van der Waals surface area contributed by atoms with Gasteiger partial charge in [0.05, 0.1) is 5.75 Å². The standard InChI is InChI=1S/C12H17N3O3S/c1-19-8-9-2-3-10(18-9)11(16)13-4-6-15-7-5-14-12(15)17/h2-3H,4-8H2,1H3,(H,13,16)(H,14,17). The second-order valence-corrected chi connectivity index (χ2v) is 5.04. The lowest BCUT2D eigenvalue weighted by Gasteiger charge is -2.13. The van der Waals surface area contributed by atoms with Gasteiger partial charge in [0.15, 0.2) is 5.76 Å². The van der Waals surface area contributed by atoms with Crippen molar-refractivity contribution in [2.75, 3.05) is 32.4 Å². The minimum Gasteiger partial charge on any atom is -0.455 e. The molecule has 1 aromatic heterocycles. The largest absolute Gasteiger partial charge is 0.455 e. The zero-order valence-electron chi connectivity index (χ0n) is 10.8. The van der Waals surface area contributed by atoms with Crippen LogP contribution in [0.3, 0.4) is 0 Å². The molecule has 0 bridgehead atoms. The molecule has 0 unspecified atom stereocenters. The molecule has 0 radical (unpaired) electrons. The number of nitrogens with zero attached hydrogens (tertiary/aromatic N) is 1. The number of nitrogens with one attached hydrogen (secondary N) is 2. The molecule has 1 aliphatic heterocycles. The SMILES string of the molecule is CSCc1ccc(C(=O)NCCN2CCNC2=O)o1. The Kier molecular flexibility index (Phi) is 4.73. The average Bonchev–Trinajstić information content (AvgIpc) is 3.00. The summed E-state index contributed by atoms with van der Waals surface area (Å²) in [6, 6.07) is 3.40. The van der Waals surface area contributed by atoms with Crippen molar-refractivity contribution in [1.29, 1.82) is 0 Å². The van der Waals surface area contributed by atoms with E-state index in [4.69, 9.17) is 4.42 Å². The summed E-state index contributed by atoms with van der Waals surface area (Å²) < 4.78 is 5.40. The van der Waals surface area contributed by atoms with Crippen LogP contribution in [0.15, 0.2) is 16.5 Å². The van der Waals surface area contributed by atoms with Crippen LogP contribution in [0.4, 0.5) is 4.79 Å². The molecule has 6 nitrogen and oxygen atoms in total. The summed E-state index contributed by atoms with van der Waals surface area (Å²) in [4.78, 5) is 24.7. The Morgan fingerprint density at radius 3 is 3.11 bits per heavy atom. The summed E-state index contributed by atoms with van der Waals surface area (Å²) in [5.41, 5.74) is 0.